The van der Waals surface area contributed by atoms with E-state index in [1.165, 1.54) is 4.70 Å². The lowest BCUT2D eigenvalue weighted by atomic mass is 10.3. The van der Waals surface area contributed by atoms with Gasteiger partial charge in [-0.2, -0.15) is 0 Å². The van der Waals surface area contributed by atoms with Gasteiger partial charge in [0.05, 0.1) is 10.2 Å². The van der Waals surface area contributed by atoms with Gasteiger partial charge in [-0.25, -0.2) is 4.98 Å². The Morgan fingerprint density at radius 3 is 2.83 bits per heavy atom. The number of nitrogens with zero attached hydrogens (tertiary/aromatic N) is 1. The Morgan fingerprint density at radius 2 is 2.00 bits per heavy atom. The molecule has 0 atom stereocenters. The zero-order valence-electron chi connectivity index (χ0n) is 9.26. The summed E-state index contributed by atoms with van der Waals surface area (Å²) in [5.74, 6) is 0. The van der Waals surface area contributed by atoms with Crippen molar-refractivity contribution in [3.63, 3.8) is 0 Å². The molecule has 90 valence electrons. The maximum absolute atomic E-state index is 5.97. The zero-order chi connectivity index (χ0) is 12.5. The number of anilines is 1. The fraction of sp³-hybridized carbons (Fsp3) is 0. The quantitative estimate of drug-likeness (QED) is 0.683. The molecule has 3 aromatic rings. The fourth-order valence-corrected chi connectivity index (χ4v) is 4.20. The van der Waals surface area contributed by atoms with Crippen molar-refractivity contribution in [3.05, 3.63) is 46.9 Å². The van der Waals surface area contributed by atoms with Crippen molar-refractivity contribution in [1.29, 1.82) is 0 Å². The van der Waals surface area contributed by atoms with Gasteiger partial charge in [0.1, 0.15) is 0 Å². The normalized spacial score (nSPS) is 10.9. The molecule has 0 fully saturated rings. The van der Waals surface area contributed by atoms with Crippen molar-refractivity contribution in [2.45, 2.75) is 9.24 Å². The third-order valence-corrected chi connectivity index (χ3v) is 5.11. The first-order chi connectivity index (χ1) is 8.72. The number of nitrogen functional groups attached to an aromatic ring is 1. The second-order valence-electron chi connectivity index (χ2n) is 3.73. The van der Waals surface area contributed by atoms with E-state index in [0.29, 0.717) is 0 Å². The first-order valence-electron chi connectivity index (χ1n) is 5.31. The van der Waals surface area contributed by atoms with Crippen molar-refractivity contribution in [3.8, 4) is 0 Å². The summed E-state index contributed by atoms with van der Waals surface area (Å²) >= 11 is 6.75. The van der Waals surface area contributed by atoms with Gasteiger partial charge in [-0.1, -0.05) is 39.8 Å². The highest BCUT2D eigenvalue weighted by molar-refractivity contribution is 9.10. The van der Waals surface area contributed by atoms with Crippen LogP contribution in [0, 0.1) is 0 Å². The van der Waals surface area contributed by atoms with Crippen LogP contribution >= 0.6 is 39.0 Å². The van der Waals surface area contributed by atoms with Gasteiger partial charge in [0.15, 0.2) is 4.34 Å². The van der Waals surface area contributed by atoms with E-state index < -0.39 is 0 Å². The SMILES string of the molecule is Nc1ccc(Br)cc1Sc1nc2ccccc2s1. The van der Waals surface area contributed by atoms with Gasteiger partial charge in [-0.15, -0.1) is 11.3 Å². The Bertz CT molecular complexity index is 676. The van der Waals surface area contributed by atoms with Crippen molar-refractivity contribution in [2.24, 2.45) is 0 Å². The summed E-state index contributed by atoms with van der Waals surface area (Å²) in [6.45, 7) is 0. The number of hydrogen-bond acceptors (Lipinski definition) is 4. The van der Waals surface area contributed by atoms with Gasteiger partial charge in [-0.3, -0.25) is 0 Å². The molecule has 0 amide bonds. The first-order valence-corrected chi connectivity index (χ1v) is 7.73. The Morgan fingerprint density at radius 1 is 1.17 bits per heavy atom. The number of para-hydroxylation sites is 1. The molecule has 2 nitrogen and oxygen atoms in total. The number of rotatable bonds is 2. The molecule has 2 aromatic carbocycles. The summed E-state index contributed by atoms with van der Waals surface area (Å²) in [6.07, 6.45) is 0. The molecule has 18 heavy (non-hydrogen) atoms. The molecule has 0 radical (unpaired) electrons. The molecule has 3 rings (SSSR count). The van der Waals surface area contributed by atoms with E-state index in [4.69, 9.17) is 5.73 Å². The van der Waals surface area contributed by atoms with Gasteiger partial charge >= 0.3 is 0 Å². The average molecular weight is 337 g/mol. The van der Waals surface area contributed by atoms with Crippen LogP contribution in [0.1, 0.15) is 0 Å². The first kappa shape index (κ1) is 12.0. The molecule has 0 saturated heterocycles. The lowest BCUT2D eigenvalue weighted by molar-refractivity contribution is 1.29. The Balaban J connectivity index is 1.98. The van der Waals surface area contributed by atoms with E-state index in [-0.39, 0.29) is 0 Å². The predicted octanol–water partition coefficient (Wildman–Crippen LogP) is 4.79. The highest BCUT2D eigenvalue weighted by Gasteiger charge is 2.07. The number of thiazole rings is 1. The molecule has 0 spiro atoms. The fourth-order valence-electron chi connectivity index (χ4n) is 1.59. The van der Waals surface area contributed by atoms with Crippen LogP contribution in [0.15, 0.2) is 56.2 Å². The standard InChI is InChI=1S/C13H9BrN2S2/c14-8-5-6-9(15)12(7-8)18-13-16-10-3-1-2-4-11(10)17-13/h1-7H,15H2. The van der Waals surface area contributed by atoms with Crippen LogP contribution in [-0.2, 0) is 0 Å². The molecular formula is C13H9BrN2S2. The Hall–Kier alpha value is -1.04. The summed E-state index contributed by atoms with van der Waals surface area (Å²) in [6, 6.07) is 14.0. The molecule has 0 aliphatic rings. The highest BCUT2D eigenvalue weighted by atomic mass is 79.9. The van der Waals surface area contributed by atoms with Crippen LogP contribution in [0.2, 0.25) is 0 Å². The topological polar surface area (TPSA) is 38.9 Å². The highest BCUT2D eigenvalue weighted by Crippen LogP contribution is 2.37. The number of fused-ring (bicyclic) bond motifs is 1. The molecule has 0 saturated carbocycles. The van der Waals surface area contributed by atoms with E-state index >= 15 is 0 Å². The molecule has 0 unspecified atom stereocenters. The van der Waals surface area contributed by atoms with Gasteiger partial charge in [0, 0.05) is 15.1 Å². The predicted molar refractivity (Wildman–Crippen MR) is 82.3 cm³/mol. The number of hydrogen-bond donors (Lipinski definition) is 1. The van der Waals surface area contributed by atoms with Crippen LogP contribution in [0.5, 0.6) is 0 Å². The van der Waals surface area contributed by atoms with Crippen LogP contribution in [0.3, 0.4) is 0 Å². The van der Waals surface area contributed by atoms with E-state index in [0.717, 1.165) is 24.9 Å². The molecular weight excluding hydrogens is 328 g/mol. The van der Waals surface area contributed by atoms with Crippen molar-refractivity contribution >= 4 is 54.9 Å². The summed E-state index contributed by atoms with van der Waals surface area (Å²) in [5, 5.41) is 0. The summed E-state index contributed by atoms with van der Waals surface area (Å²) in [7, 11) is 0. The summed E-state index contributed by atoms with van der Waals surface area (Å²) in [5.41, 5.74) is 7.79. The minimum atomic E-state index is 0.780. The molecule has 1 aromatic heterocycles. The van der Waals surface area contributed by atoms with Gasteiger partial charge in [0.25, 0.3) is 0 Å². The number of aromatic nitrogens is 1. The molecule has 2 N–H and O–H groups in total. The minimum absolute atomic E-state index is 0.780. The van der Waals surface area contributed by atoms with E-state index in [9.17, 15) is 0 Å². The number of halogens is 1. The maximum atomic E-state index is 5.97. The monoisotopic (exact) mass is 336 g/mol. The molecule has 0 aliphatic carbocycles. The summed E-state index contributed by atoms with van der Waals surface area (Å²) < 4.78 is 3.25. The van der Waals surface area contributed by atoms with Gasteiger partial charge in [-0.05, 0) is 30.3 Å². The maximum Gasteiger partial charge on any atom is 0.155 e. The smallest absolute Gasteiger partial charge is 0.155 e. The van der Waals surface area contributed by atoms with E-state index in [1.807, 2.05) is 36.4 Å². The second kappa shape index (κ2) is 4.91. The second-order valence-corrected chi connectivity index (χ2v) is 6.97. The number of nitrogens with two attached hydrogens (primary N) is 1. The van der Waals surface area contributed by atoms with Crippen molar-refractivity contribution in [2.75, 3.05) is 5.73 Å². The van der Waals surface area contributed by atoms with Gasteiger partial charge in [0.2, 0.25) is 0 Å². The molecule has 1 heterocycles. The Kier molecular flexibility index (Phi) is 3.28. The molecule has 0 bridgehead atoms. The lowest BCUT2D eigenvalue weighted by Gasteiger charge is -2.02. The van der Waals surface area contributed by atoms with Crippen LogP contribution in [0.4, 0.5) is 5.69 Å². The van der Waals surface area contributed by atoms with E-state index in [1.54, 1.807) is 23.1 Å². The van der Waals surface area contributed by atoms with Crippen LogP contribution < -0.4 is 5.73 Å². The largest absolute Gasteiger partial charge is 0.398 e. The van der Waals surface area contributed by atoms with E-state index in [2.05, 4.69) is 27.0 Å². The van der Waals surface area contributed by atoms with Gasteiger partial charge < -0.3 is 5.73 Å². The van der Waals surface area contributed by atoms with Crippen molar-refractivity contribution < 1.29 is 0 Å². The minimum Gasteiger partial charge on any atom is -0.398 e. The zero-order valence-corrected chi connectivity index (χ0v) is 12.5. The third kappa shape index (κ3) is 2.39. The van der Waals surface area contributed by atoms with Crippen LogP contribution in [-0.4, -0.2) is 4.98 Å². The molecule has 0 aliphatic heterocycles. The van der Waals surface area contributed by atoms with Crippen molar-refractivity contribution in [1.82, 2.24) is 4.98 Å². The number of benzene rings is 2. The summed E-state index contributed by atoms with van der Waals surface area (Å²) in [4.78, 5) is 5.62. The Labute approximate surface area is 121 Å². The lowest BCUT2D eigenvalue weighted by Crippen LogP contribution is -1.87. The third-order valence-electron chi connectivity index (χ3n) is 2.45. The van der Waals surface area contributed by atoms with Crippen LogP contribution in [0.25, 0.3) is 10.2 Å². The molecule has 5 heteroatoms. The average Bonchev–Trinajstić information content (AvgIpc) is 2.76.